The predicted molar refractivity (Wildman–Crippen MR) is 74.8 cm³/mol. The number of rotatable bonds is 4. The third-order valence-electron chi connectivity index (χ3n) is 3.23. The van der Waals surface area contributed by atoms with Gasteiger partial charge in [-0.3, -0.25) is 0 Å². The topological polar surface area (TPSA) is 37.0 Å². The zero-order chi connectivity index (χ0) is 12.2. The van der Waals surface area contributed by atoms with E-state index in [0.717, 1.165) is 37.4 Å². The van der Waals surface area contributed by atoms with Crippen LogP contribution in [0.4, 0.5) is 11.5 Å². The maximum atomic E-state index is 4.61. The number of aromatic nitrogens is 1. The minimum atomic E-state index is 0.788. The number of nitrogens with zero attached hydrogens (tertiary/aromatic N) is 1. The number of aryl methyl sites for hydroxylation is 2. The van der Waals surface area contributed by atoms with Gasteiger partial charge in [-0.05, 0) is 37.0 Å². The summed E-state index contributed by atoms with van der Waals surface area (Å²) in [4.78, 5) is 4.61. The van der Waals surface area contributed by atoms with Gasteiger partial charge in [0, 0.05) is 5.69 Å². The molecule has 3 heteroatoms. The fourth-order valence-corrected chi connectivity index (χ4v) is 2.26. The maximum Gasteiger partial charge on any atom is 0.151 e. The SMILES string of the molecule is c1ccc(CCCc2ccc3c(n2)NCN3)cc1. The second-order valence-electron chi connectivity index (χ2n) is 4.57. The molecule has 2 aromatic rings. The van der Waals surface area contributed by atoms with E-state index in [1.807, 2.05) is 0 Å². The fraction of sp³-hybridized carbons (Fsp3) is 0.267. The lowest BCUT2D eigenvalue weighted by molar-refractivity contribution is 0.801. The number of benzene rings is 1. The van der Waals surface area contributed by atoms with Crippen LogP contribution in [0.2, 0.25) is 0 Å². The lowest BCUT2D eigenvalue weighted by Crippen LogP contribution is -2.00. The zero-order valence-corrected chi connectivity index (χ0v) is 10.3. The van der Waals surface area contributed by atoms with E-state index in [4.69, 9.17) is 0 Å². The predicted octanol–water partition coefficient (Wildman–Crippen LogP) is 3.05. The Morgan fingerprint density at radius 2 is 1.83 bits per heavy atom. The highest BCUT2D eigenvalue weighted by Gasteiger charge is 2.10. The van der Waals surface area contributed by atoms with E-state index in [1.165, 1.54) is 11.3 Å². The van der Waals surface area contributed by atoms with Crippen LogP contribution in [0.5, 0.6) is 0 Å². The van der Waals surface area contributed by atoms with Gasteiger partial charge in [-0.1, -0.05) is 30.3 Å². The van der Waals surface area contributed by atoms with Gasteiger partial charge in [-0.15, -0.1) is 0 Å². The molecular weight excluding hydrogens is 222 g/mol. The van der Waals surface area contributed by atoms with Gasteiger partial charge in [0.1, 0.15) is 0 Å². The van der Waals surface area contributed by atoms with Crippen molar-refractivity contribution in [3.8, 4) is 0 Å². The molecule has 0 radical (unpaired) electrons. The van der Waals surface area contributed by atoms with E-state index < -0.39 is 0 Å². The van der Waals surface area contributed by atoms with Gasteiger partial charge >= 0.3 is 0 Å². The number of pyridine rings is 1. The molecule has 0 saturated heterocycles. The lowest BCUT2D eigenvalue weighted by Gasteiger charge is -2.04. The van der Waals surface area contributed by atoms with Crippen molar-refractivity contribution in [2.45, 2.75) is 19.3 Å². The van der Waals surface area contributed by atoms with Crippen LogP contribution in [0.1, 0.15) is 17.7 Å². The first-order chi connectivity index (χ1) is 8.92. The number of nitrogens with one attached hydrogen (secondary N) is 2. The van der Waals surface area contributed by atoms with E-state index in [1.54, 1.807) is 0 Å². The minimum Gasteiger partial charge on any atom is -0.365 e. The molecule has 3 nitrogen and oxygen atoms in total. The van der Waals surface area contributed by atoms with E-state index >= 15 is 0 Å². The third kappa shape index (κ3) is 2.45. The largest absolute Gasteiger partial charge is 0.365 e. The second-order valence-corrected chi connectivity index (χ2v) is 4.57. The van der Waals surface area contributed by atoms with Gasteiger partial charge < -0.3 is 10.6 Å². The van der Waals surface area contributed by atoms with Crippen molar-refractivity contribution in [2.75, 3.05) is 17.3 Å². The summed E-state index contributed by atoms with van der Waals surface area (Å²) in [5, 5.41) is 6.46. The first kappa shape index (κ1) is 11.1. The fourth-order valence-electron chi connectivity index (χ4n) is 2.26. The van der Waals surface area contributed by atoms with Crippen molar-refractivity contribution in [2.24, 2.45) is 0 Å². The molecule has 1 aromatic heterocycles. The van der Waals surface area contributed by atoms with E-state index in [2.05, 4.69) is 58.1 Å². The van der Waals surface area contributed by atoms with Gasteiger partial charge in [0.15, 0.2) is 5.82 Å². The average molecular weight is 239 g/mol. The van der Waals surface area contributed by atoms with Crippen molar-refractivity contribution in [1.82, 2.24) is 4.98 Å². The highest BCUT2D eigenvalue weighted by atomic mass is 15.2. The lowest BCUT2D eigenvalue weighted by atomic mass is 10.1. The molecule has 1 aliphatic rings. The Morgan fingerprint density at radius 1 is 0.944 bits per heavy atom. The summed E-state index contributed by atoms with van der Waals surface area (Å²) < 4.78 is 0. The van der Waals surface area contributed by atoms with Gasteiger partial charge in [0.05, 0.1) is 12.4 Å². The molecule has 1 aromatic carbocycles. The monoisotopic (exact) mass is 239 g/mol. The molecule has 2 heterocycles. The normalized spacial score (nSPS) is 12.7. The molecule has 0 aliphatic carbocycles. The Morgan fingerprint density at radius 3 is 2.72 bits per heavy atom. The van der Waals surface area contributed by atoms with Crippen LogP contribution in [0.15, 0.2) is 42.5 Å². The van der Waals surface area contributed by atoms with E-state index in [0.29, 0.717) is 0 Å². The molecule has 3 rings (SSSR count). The van der Waals surface area contributed by atoms with Gasteiger partial charge in [-0.2, -0.15) is 0 Å². The molecule has 1 aliphatic heterocycles. The Hall–Kier alpha value is -2.03. The number of hydrogen-bond acceptors (Lipinski definition) is 3. The van der Waals surface area contributed by atoms with Crippen LogP contribution < -0.4 is 10.6 Å². The quantitative estimate of drug-likeness (QED) is 0.861. The van der Waals surface area contributed by atoms with Crippen LogP contribution >= 0.6 is 0 Å². The highest BCUT2D eigenvalue weighted by Crippen LogP contribution is 2.23. The van der Waals surface area contributed by atoms with Crippen LogP contribution in [0, 0.1) is 0 Å². The van der Waals surface area contributed by atoms with Crippen molar-refractivity contribution < 1.29 is 0 Å². The van der Waals surface area contributed by atoms with Gasteiger partial charge in [0.2, 0.25) is 0 Å². The summed E-state index contributed by atoms with van der Waals surface area (Å²) in [6, 6.07) is 14.8. The van der Waals surface area contributed by atoms with Gasteiger partial charge in [-0.25, -0.2) is 4.98 Å². The van der Waals surface area contributed by atoms with Crippen molar-refractivity contribution in [3.63, 3.8) is 0 Å². The smallest absolute Gasteiger partial charge is 0.151 e. The first-order valence-corrected chi connectivity index (χ1v) is 6.43. The molecule has 0 spiro atoms. The summed E-state index contributed by atoms with van der Waals surface area (Å²) in [6.45, 7) is 0.788. The first-order valence-electron chi connectivity index (χ1n) is 6.43. The molecule has 18 heavy (non-hydrogen) atoms. The van der Waals surface area contributed by atoms with Crippen molar-refractivity contribution in [1.29, 1.82) is 0 Å². The molecule has 0 saturated carbocycles. The number of hydrogen-bond donors (Lipinski definition) is 2. The highest BCUT2D eigenvalue weighted by molar-refractivity contribution is 5.68. The van der Waals surface area contributed by atoms with Crippen LogP contribution in [0.3, 0.4) is 0 Å². The molecule has 0 unspecified atom stereocenters. The summed E-state index contributed by atoms with van der Waals surface area (Å²) >= 11 is 0. The summed E-state index contributed by atoms with van der Waals surface area (Å²) in [5.41, 5.74) is 3.68. The Labute approximate surface area is 107 Å². The van der Waals surface area contributed by atoms with Crippen molar-refractivity contribution >= 4 is 11.5 Å². The van der Waals surface area contributed by atoms with Crippen LogP contribution in [-0.2, 0) is 12.8 Å². The van der Waals surface area contributed by atoms with Crippen LogP contribution in [-0.4, -0.2) is 11.7 Å². The van der Waals surface area contributed by atoms with Crippen LogP contribution in [0.25, 0.3) is 0 Å². The number of anilines is 2. The minimum absolute atomic E-state index is 0.788. The molecule has 0 amide bonds. The van der Waals surface area contributed by atoms with Gasteiger partial charge in [0.25, 0.3) is 0 Å². The second kappa shape index (κ2) is 5.08. The van der Waals surface area contributed by atoms with E-state index in [9.17, 15) is 0 Å². The third-order valence-corrected chi connectivity index (χ3v) is 3.23. The number of fused-ring (bicyclic) bond motifs is 1. The molecule has 92 valence electrons. The molecule has 2 N–H and O–H groups in total. The Bertz CT molecular complexity index is 523. The summed E-state index contributed by atoms with van der Waals surface area (Å²) in [7, 11) is 0. The van der Waals surface area contributed by atoms with Crippen molar-refractivity contribution in [3.05, 3.63) is 53.7 Å². The molecule has 0 atom stereocenters. The standard InChI is InChI=1S/C15H17N3/c1-2-5-12(6-3-1)7-4-8-13-9-10-14-15(18-13)17-11-16-14/h1-3,5-6,9-10,16H,4,7-8,11H2,(H,17,18). The molecular formula is C15H17N3. The summed E-state index contributed by atoms with van der Waals surface area (Å²) in [6.07, 6.45) is 3.29. The van der Waals surface area contributed by atoms with E-state index in [-0.39, 0.29) is 0 Å². The summed E-state index contributed by atoms with van der Waals surface area (Å²) in [5.74, 6) is 0.993. The Balaban J connectivity index is 1.57. The maximum absolute atomic E-state index is 4.61. The zero-order valence-electron chi connectivity index (χ0n) is 10.3. The molecule has 0 bridgehead atoms. The molecule has 0 fully saturated rings. The Kier molecular flexibility index (Phi) is 3.13. The average Bonchev–Trinajstić information content (AvgIpc) is 2.87.